The van der Waals surface area contributed by atoms with Crippen molar-refractivity contribution in [1.29, 1.82) is 0 Å². The minimum Gasteiger partial charge on any atom is -0.391 e. The zero-order valence-electron chi connectivity index (χ0n) is 13.2. The minimum atomic E-state index is -0.396. The van der Waals surface area contributed by atoms with Gasteiger partial charge in [-0.05, 0) is 40.8 Å². The number of fused-ring (bicyclic) bond motifs is 3. The number of benzene rings is 2. The average molecular weight is 307 g/mol. The molecule has 3 heteroatoms. The molecular weight excluding hydrogens is 286 g/mol. The van der Waals surface area contributed by atoms with E-state index in [1.807, 2.05) is 29.2 Å². The van der Waals surface area contributed by atoms with Crippen LogP contribution in [0.15, 0.2) is 36.9 Å². The smallest absolute Gasteiger partial charge is 0.254 e. The summed E-state index contributed by atoms with van der Waals surface area (Å²) in [7, 11) is 0. The van der Waals surface area contributed by atoms with Gasteiger partial charge in [0.1, 0.15) is 0 Å². The van der Waals surface area contributed by atoms with Crippen molar-refractivity contribution in [2.75, 3.05) is 0 Å². The topological polar surface area (TPSA) is 40.5 Å². The number of aliphatic hydroxyl groups excluding tert-OH is 1. The molecule has 1 heterocycles. The van der Waals surface area contributed by atoms with Gasteiger partial charge in [-0.1, -0.05) is 49.8 Å². The molecule has 2 unspecified atom stereocenters. The maximum Gasteiger partial charge on any atom is 0.254 e. The third kappa shape index (κ3) is 2.19. The fourth-order valence-corrected chi connectivity index (χ4v) is 4.11. The van der Waals surface area contributed by atoms with E-state index in [-0.39, 0.29) is 11.9 Å². The number of amides is 1. The van der Waals surface area contributed by atoms with Crippen LogP contribution in [-0.2, 0) is 6.54 Å². The number of carbonyl (C=O) groups is 1. The molecule has 1 aliphatic heterocycles. The second-order valence-electron chi connectivity index (χ2n) is 6.59. The number of carbonyl (C=O) groups excluding carboxylic acids is 1. The highest BCUT2D eigenvalue weighted by Crippen LogP contribution is 2.36. The Labute approximate surface area is 136 Å². The fraction of sp³-hybridized carbons (Fsp3) is 0.350. The predicted octanol–water partition coefficient (Wildman–Crippen LogP) is 3.74. The van der Waals surface area contributed by atoms with Gasteiger partial charge in [-0.25, -0.2) is 0 Å². The van der Waals surface area contributed by atoms with E-state index in [1.165, 1.54) is 0 Å². The Bertz CT molecular complexity index is 796. The van der Waals surface area contributed by atoms with E-state index < -0.39 is 6.10 Å². The minimum absolute atomic E-state index is 0.0467. The number of rotatable bonds is 2. The second kappa shape index (κ2) is 5.50. The molecule has 1 N–H and O–H groups in total. The van der Waals surface area contributed by atoms with E-state index in [1.54, 1.807) is 0 Å². The normalized spacial score (nSPS) is 24.0. The van der Waals surface area contributed by atoms with E-state index in [9.17, 15) is 9.90 Å². The fourth-order valence-electron chi connectivity index (χ4n) is 4.11. The van der Waals surface area contributed by atoms with Gasteiger partial charge < -0.3 is 10.0 Å². The van der Waals surface area contributed by atoms with Crippen LogP contribution < -0.4 is 0 Å². The molecule has 2 aliphatic rings. The molecule has 2 aromatic carbocycles. The number of aliphatic hydroxyl groups is 1. The van der Waals surface area contributed by atoms with Gasteiger partial charge in [-0.3, -0.25) is 4.79 Å². The molecule has 2 atom stereocenters. The summed E-state index contributed by atoms with van der Waals surface area (Å²) in [6.45, 7) is 4.49. The molecule has 23 heavy (non-hydrogen) atoms. The first-order valence-corrected chi connectivity index (χ1v) is 8.37. The number of nitrogens with zero attached hydrogens (tertiary/aromatic N) is 1. The molecule has 118 valence electrons. The second-order valence-corrected chi connectivity index (χ2v) is 6.59. The highest BCUT2D eigenvalue weighted by Gasteiger charge is 2.38. The molecule has 0 bridgehead atoms. The summed E-state index contributed by atoms with van der Waals surface area (Å²) in [4.78, 5) is 14.8. The largest absolute Gasteiger partial charge is 0.391 e. The molecule has 4 rings (SSSR count). The van der Waals surface area contributed by atoms with E-state index in [4.69, 9.17) is 0 Å². The Hall–Kier alpha value is -2.13. The third-order valence-corrected chi connectivity index (χ3v) is 5.32. The molecule has 1 fully saturated rings. The van der Waals surface area contributed by atoms with Gasteiger partial charge in [0.2, 0.25) is 0 Å². The SMILES string of the molecule is C=Cc1cc2c(c3ccccc13)CN(C1CCCCC1O)C2=O. The standard InChI is InChI=1S/C20H21NO2/c1-2-13-11-16-17(15-8-4-3-7-14(13)15)12-21(20(16)23)18-9-5-6-10-19(18)22/h2-4,7-8,11,18-19,22H,1,5-6,9-10,12H2. The van der Waals surface area contributed by atoms with Crippen molar-refractivity contribution in [2.45, 2.75) is 44.4 Å². The van der Waals surface area contributed by atoms with E-state index in [2.05, 4.69) is 18.7 Å². The Morgan fingerprint density at radius 2 is 1.91 bits per heavy atom. The molecule has 1 aliphatic carbocycles. The summed E-state index contributed by atoms with van der Waals surface area (Å²) in [5.41, 5.74) is 2.86. The van der Waals surface area contributed by atoms with Crippen molar-refractivity contribution < 1.29 is 9.90 Å². The van der Waals surface area contributed by atoms with Crippen LogP contribution in [0.4, 0.5) is 0 Å². The zero-order valence-corrected chi connectivity index (χ0v) is 13.2. The lowest BCUT2D eigenvalue weighted by molar-refractivity contribution is 0.0192. The Kier molecular flexibility index (Phi) is 3.46. The highest BCUT2D eigenvalue weighted by atomic mass is 16.3. The zero-order chi connectivity index (χ0) is 16.0. The van der Waals surface area contributed by atoms with Crippen LogP contribution in [-0.4, -0.2) is 28.1 Å². The van der Waals surface area contributed by atoms with Crippen molar-refractivity contribution >= 4 is 22.8 Å². The first-order valence-electron chi connectivity index (χ1n) is 8.37. The van der Waals surface area contributed by atoms with Gasteiger partial charge >= 0.3 is 0 Å². The highest BCUT2D eigenvalue weighted by molar-refractivity contribution is 6.06. The Morgan fingerprint density at radius 3 is 2.65 bits per heavy atom. The van der Waals surface area contributed by atoms with E-state index >= 15 is 0 Å². The monoisotopic (exact) mass is 307 g/mol. The van der Waals surface area contributed by atoms with Gasteiger partial charge in [-0.2, -0.15) is 0 Å². The van der Waals surface area contributed by atoms with Gasteiger partial charge in [0, 0.05) is 12.1 Å². The van der Waals surface area contributed by atoms with Crippen molar-refractivity contribution in [3.8, 4) is 0 Å². The van der Waals surface area contributed by atoms with Crippen LogP contribution in [0.1, 0.15) is 47.2 Å². The van der Waals surface area contributed by atoms with Crippen molar-refractivity contribution in [1.82, 2.24) is 4.90 Å². The van der Waals surface area contributed by atoms with Crippen LogP contribution in [0.25, 0.3) is 16.8 Å². The molecule has 0 spiro atoms. The molecule has 2 aromatic rings. The lowest BCUT2D eigenvalue weighted by Crippen LogP contribution is -2.45. The summed E-state index contributed by atoms with van der Waals surface area (Å²) < 4.78 is 0. The molecule has 3 nitrogen and oxygen atoms in total. The van der Waals surface area contributed by atoms with Crippen LogP contribution in [0.2, 0.25) is 0 Å². The molecular formula is C20H21NO2. The number of hydrogen-bond acceptors (Lipinski definition) is 2. The summed E-state index contributed by atoms with van der Waals surface area (Å²) >= 11 is 0. The third-order valence-electron chi connectivity index (χ3n) is 5.32. The van der Waals surface area contributed by atoms with Crippen LogP contribution >= 0.6 is 0 Å². The first kappa shape index (κ1) is 14.5. The summed E-state index contributed by atoms with van der Waals surface area (Å²) in [6, 6.07) is 10.1. The first-order chi connectivity index (χ1) is 11.2. The quantitative estimate of drug-likeness (QED) is 0.918. The summed E-state index contributed by atoms with van der Waals surface area (Å²) in [6.07, 6.45) is 5.24. The average Bonchev–Trinajstić information content (AvgIpc) is 2.91. The lowest BCUT2D eigenvalue weighted by Gasteiger charge is -2.35. The maximum atomic E-state index is 12.9. The predicted molar refractivity (Wildman–Crippen MR) is 92.2 cm³/mol. The van der Waals surface area contributed by atoms with Gasteiger partial charge in [0.15, 0.2) is 0 Å². The van der Waals surface area contributed by atoms with Gasteiger partial charge in [0.25, 0.3) is 5.91 Å². The summed E-state index contributed by atoms with van der Waals surface area (Å²) in [5, 5.41) is 12.6. The Balaban J connectivity index is 1.82. The molecule has 0 aromatic heterocycles. The molecule has 1 amide bonds. The van der Waals surface area contributed by atoms with Crippen LogP contribution in [0, 0.1) is 0 Å². The van der Waals surface area contributed by atoms with E-state index in [0.29, 0.717) is 6.54 Å². The van der Waals surface area contributed by atoms with Gasteiger partial charge in [0.05, 0.1) is 12.1 Å². The van der Waals surface area contributed by atoms with Crippen LogP contribution in [0.5, 0.6) is 0 Å². The molecule has 0 saturated heterocycles. The number of hydrogen-bond donors (Lipinski definition) is 1. The Morgan fingerprint density at radius 1 is 1.17 bits per heavy atom. The molecule has 0 radical (unpaired) electrons. The van der Waals surface area contributed by atoms with Crippen molar-refractivity contribution in [3.05, 3.63) is 53.6 Å². The maximum absolute atomic E-state index is 12.9. The van der Waals surface area contributed by atoms with Gasteiger partial charge in [-0.15, -0.1) is 0 Å². The van der Waals surface area contributed by atoms with Crippen LogP contribution in [0.3, 0.4) is 0 Å². The summed E-state index contributed by atoms with van der Waals surface area (Å²) in [5.74, 6) is 0.0554. The van der Waals surface area contributed by atoms with Crippen molar-refractivity contribution in [3.63, 3.8) is 0 Å². The molecule has 1 saturated carbocycles. The van der Waals surface area contributed by atoms with E-state index in [0.717, 1.165) is 53.1 Å². The van der Waals surface area contributed by atoms with Crippen molar-refractivity contribution in [2.24, 2.45) is 0 Å². The lowest BCUT2D eigenvalue weighted by atomic mass is 9.91.